The highest BCUT2D eigenvalue weighted by molar-refractivity contribution is 9.10. The highest BCUT2D eigenvalue weighted by Gasteiger charge is 2.40. The standard InChI is InChI=1S/C13H11BrF4O/c14-8-3-4-9(15)10(11(8)16)12(19)7-2-1-5-13(17,18)6-7/h3-4,7H,1-2,5-6H2. The fraction of sp³-hybridized carbons (Fsp3) is 0.462. The van der Waals surface area contributed by atoms with Gasteiger partial charge in [-0.15, -0.1) is 0 Å². The average Bonchev–Trinajstić information content (AvgIpc) is 2.33. The molecule has 0 bridgehead atoms. The highest BCUT2D eigenvalue weighted by Crippen LogP contribution is 2.39. The first-order valence-corrected chi connectivity index (χ1v) is 6.66. The monoisotopic (exact) mass is 338 g/mol. The van der Waals surface area contributed by atoms with E-state index in [1.54, 1.807) is 0 Å². The van der Waals surface area contributed by atoms with E-state index < -0.39 is 41.2 Å². The molecule has 0 aliphatic heterocycles. The van der Waals surface area contributed by atoms with Crippen molar-refractivity contribution in [1.29, 1.82) is 0 Å². The van der Waals surface area contributed by atoms with Crippen LogP contribution in [0.3, 0.4) is 0 Å². The molecule has 0 saturated heterocycles. The Morgan fingerprint density at radius 2 is 2.00 bits per heavy atom. The van der Waals surface area contributed by atoms with Gasteiger partial charge in [0.05, 0.1) is 10.0 Å². The number of hydrogen-bond donors (Lipinski definition) is 0. The SMILES string of the molecule is O=C(c1c(F)ccc(Br)c1F)C1CCCC(F)(F)C1. The van der Waals surface area contributed by atoms with Crippen LogP contribution in [0.15, 0.2) is 16.6 Å². The number of ketones is 1. The normalized spacial score (nSPS) is 22.3. The Hall–Kier alpha value is -0.910. The predicted molar refractivity (Wildman–Crippen MR) is 65.3 cm³/mol. The predicted octanol–water partition coefficient (Wildman–Crippen LogP) is 4.74. The Kier molecular flexibility index (Phi) is 3.99. The fourth-order valence-electron chi connectivity index (χ4n) is 2.35. The van der Waals surface area contributed by atoms with Crippen molar-refractivity contribution in [3.8, 4) is 0 Å². The maximum atomic E-state index is 13.8. The lowest BCUT2D eigenvalue weighted by molar-refractivity contribution is -0.0479. The summed E-state index contributed by atoms with van der Waals surface area (Å²) in [5.74, 6) is -6.88. The minimum absolute atomic E-state index is 0.0557. The third-order valence-electron chi connectivity index (χ3n) is 3.30. The van der Waals surface area contributed by atoms with Gasteiger partial charge in [0.1, 0.15) is 5.82 Å². The third-order valence-corrected chi connectivity index (χ3v) is 3.91. The molecule has 1 atom stereocenters. The van der Waals surface area contributed by atoms with Crippen LogP contribution in [-0.2, 0) is 0 Å². The molecule has 0 aromatic heterocycles. The van der Waals surface area contributed by atoms with Crippen LogP contribution < -0.4 is 0 Å². The first kappa shape index (κ1) is 14.5. The lowest BCUT2D eigenvalue weighted by Gasteiger charge is -2.28. The van der Waals surface area contributed by atoms with E-state index in [9.17, 15) is 22.4 Å². The molecular weight excluding hydrogens is 328 g/mol. The summed E-state index contributed by atoms with van der Waals surface area (Å²) in [5.41, 5.74) is -0.725. The Labute approximate surface area is 116 Å². The van der Waals surface area contributed by atoms with Gasteiger partial charge in [-0.1, -0.05) is 0 Å². The number of carbonyl (C=O) groups is 1. The van der Waals surface area contributed by atoms with Gasteiger partial charge in [-0.3, -0.25) is 4.79 Å². The van der Waals surface area contributed by atoms with E-state index in [1.165, 1.54) is 0 Å². The molecule has 0 N–H and O–H groups in total. The molecule has 19 heavy (non-hydrogen) atoms. The molecule has 0 spiro atoms. The van der Waals surface area contributed by atoms with Gasteiger partial charge in [-0.25, -0.2) is 17.6 Å². The van der Waals surface area contributed by atoms with Crippen LogP contribution >= 0.6 is 15.9 Å². The largest absolute Gasteiger partial charge is 0.294 e. The summed E-state index contributed by atoms with van der Waals surface area (Å²) in [5, 5.41) is 0. The van der Waals surface area contributed by atoms with Crippen LogP contribution in [0.2, 0.25) is 0 Å². The van der Waals surface area contributed by atoms with Crippen molar-refractivity contribution in [3.05, 3.63) is 33.8 Å². The Morgan fingerprint density at radius 1 is 1.32 bits per heavy atom. The van der Waals surface area contributed by atoms with Gasteiger partial charge in [-0.05, 0) is 40.9 Å². The molecule has 104 valence electrons. The highest BCUT2D eigenvalue weighted by atomic mass is 79.9. The van der Waals surface area contributed by atoms with Gasteiger partial charge >= 0.3 is 0 Å². The van der Waals surface area contributed by atoms with Crippen LogP contribution in [-0.4, -0.2) is 11.7 Å². The van der Waals surface area contributed by atoms with Crippen molar-refractivity contribution in [2.45, 2.75) is 31.6 Å². The molecule has 0 amide bonds. The smallest absolute Gasteiger partial charge is 0.248 e. The maximum Gasteiger partial charge on any atom is 0.248 e. The number of carbonyl (C=O) groups excluding carboxylic acids is 1. The fourth-order valence-corrected chi connectivity index (χ4v) is 2.68. The number of hydrogen-bond acceptors (Lipinski definition) is 1. The van der Waals surface area contributed by atoms with E-state index in [1.807, 2.05) is 0 Å². The molecule has 1 aliphatic carbocycles. The number of alkyl halides is 2. The van der Waals surface area contributed by atoms with Gasteiger partial charge in [0.15, 0.2) is 11.6 Å². The van der Waals surface area contributed by atoms with E-state index >= 15 is 0 Å². The quantitative estimate of drug-likeness (QED) is 0.432. The zero-order valence-electron chi connectivity index (χ0n) is 9.86. The molecule has 0 heterocycles. The molecule has 2 rings (SSSR count). The summed E-state index contributed by atoms with van der Waals surface area (Å²) in [7, 11) is 0. The van der Waals surface area contributed by atoms with Crippen LogP contribution in [0.25, 0.3) is 0 Å². The number of halogens is 5. The number of Topliss-reactive ketones (excluding diaryl/α,β-unsaturated/α-hetero) is 1. The number of rotatable bonds is 2. The second-order valence-corrected chi connectivity index (χ2v) is 5.59. The van der Waals surface area contributed by atoms with Crippen molar-refractivity contribution in [3.63, 3.8) is 0 Å². The molecule has 1 saturated carbocycles. The molecule has 6 heteroatoms. The van der Waals surface area contributed by atoms with Crippen molar-refractivity contribution < 1.29 is 22.4 Å². The molecule has 1 fully saturated rings. The Morgan fingerprint density at radius 3 is 2.63 bits per heavy atom. The second-order valence-electron chi connectivity index (χ2n) is 4.73. The van der Waals surface area contributed by atoms with Gasteiger partial charge in [0.25, 0.3) is 0 Å². The molecule has 1 unspecified atom stereocenters. The van der Waals surface area contributed by atoms with Crippen LogP contribution in [0, 0.1) is 17.6 Å². The zero-order valence-corrected chi connectivity index (χ0v) is 11.4. The van der Waals surface area contributed by atoms with Gasteiger partial charge in [-0.2, -0.15) is 0 Å². The van der Waals surface area contributed by atoms with E-state index in [-0.39, 0.29) is 23.7 Å². The summed E-state index contributed by atoms with van der Waals surface area (Å²) in [4.78, 5) is 12.0. The third kappa shape index (κ3) is 2.99. The lowest BCUT2D eigenvalue weighted by Crippen LogP contribution is -2.31. The minimum atomic E-state index is -2.93. The average molecular weight is 339 g/mol. The van der Waals surface area contributed by atoms with Crippen molar-refractivity contribution >= 4 is 21.7 Å². The summed E-state index contributed by atoms with van der Waals surface area (Å²) < 4.78 is 53.8. The zero-order chi connectivity index (χ0) is 14.2. The van der Waals surface area contributed by atoms with Crippen molar-refractivity contribution in [2.24, 2.45) is 5.92 Å². The van der Waals surface area contributed by atoms with E-state index in [0.717, 1.165) is 12.1 Å². The van der Waals surface area contributed by atoms with Gasteiger partial charge in [0.2, 0.25) is 5.92 Å². The molecule has 1 nitrogen and oxygen atoms in total. The van der Waals surface area contributed by atoms with E-state index in [4.69, 9.17) is 0 Å². The topological polar surface area (TPSA) is 17.1 Å². The molecule has 1 aromatic carbocycles. The summed E-state index contributed by atoms with van der Waals surface area (Å²) in [6.45, 7) is 0. The first-order chi connectivity index (χ1) is 8.82. The molecule has 1 aromatic rings. The van der Waals surface area contributed by atoms with Crippen LogP contribution in [0.1, 0.15) is 36.0 Å². The second kappa shape index (κ2) is 5.23. The molecular formula is C13H11BrF4O. The van der Waals surface area contributed by atoms with Crippen LogP contribution in [0.5, 0.6) is 0 Å². The molecule has 0 radical (unpaired) electrons. The Bertz CT molecular complexity index is 516. The molecule has 1 aliphatic rings. The van der Waals surface area contributed by atoms with Gasteiger partial charge < -0.3 is 0 Å². The van der Waals surface area contributed by atoms with Crippen molar-refractivity contribution in [2.75, 3.05) is 0 Å². The van der Waals surface area contributed by atoms with Gasteiger partial charge in [0, 0.05) is 18.8 Å². The lowest BCUT2D eigenvalue weighted by atomic mass is 9.81. The summed E-state index contributed by atoms with van der Waals surface area (Å²) >= 11 is 2.85. The van der Waals surface area contributed by atoms with Crippen molar-refractivity contribution in [1.82, 2.24) is 0 Å². The van der Waals surface area contributed by atoms with Crippen LogP contribution in [0.4, 0.5) is 17.6 Å². The summed E-state index contributed by atoms with van der Waals surface area (Å²) in [6.07, 6.45) is -0.502. The van der Waals surface area contributed by atoms with E-state index in [0.29, 0.717) is 0 Å². The first-order valence-electron chi connectivity index (χ1n) is 5.87. The minimum Gasteiger partial charge on any atom is -0.294 e. The maximum absolute atomic E-state index is 13.8. The van der Waals surface area contributed by atoms with E-state index in [2.05, 4.69) is 15.9 Å². The number of benzene rings is 1. The Balaban J connectivity index is 2.32. The summed E-state index contributed by atoms with van der Waals surface area (Å²) in [6, 6.07) is 2.08.